The average Bonchev–Trinajstić information content (AvgIpc) is 3.39. The van der Waals surface area contributed by atoms with Gasteiger partial charge in [-0.3, -0.25) is 4.79 Å². The van der Waals surface area contributed by atoms with E-state index in [1.807, 2.05) is 11.0 Å². The van der Waals surface area contributed by atoms with Crippen molar-refractivity contribution in [3.63, 3.8) is 0 Å². The lowest BCUT2D eigenvalue weighted by atomic mass is 9.94. The highest BCUT2D eigenvalue weighted by atomic mass is 16.2. The second-order valence-electron chi connectivity index (χ2n) is 7.32. The van der Waals surface area contributed by atoms with Gasteiger partial charge in [0.1, 0.15) is 0 Å². The Kier molecular flexibility index (Phi) is 3.98. The number of rotatable bonds is 3. The Morgan fingerprint density at radius 3 is 2.80 bits per heavy atom. The lowest BCUT2D eigenvalue weighted by Gasteiger charge is -2.32. The zero-order valence-electron chi connectivity index (χ0n) is 14.9. The highest BCUT2D eigenvalue weighted by Gasteiger charge is 2.31. The molecule has 1 unspecified atom stereocenters. The van der Waals surface area contributed by atoms with Gasteiger partial charge < -0.3 is 15.2 Å². The van der Waals surface area contributed by atoms with Crippen LogP contribution in [0.5, 0.6) is 0 Å². The first-order valence-electron chi connectivity index (χ1n) is 9.10. The fourth-order valence-corrected chi connectivity index (χ4v) is 4.08. The Hall–Kier alpha value is -2.37. The van der Waals surface area contributed by atoms with Crippen LogP contribution in [0.2, 0.25) is 0 Å². The highest BCUT2D eigenvalue weighted by molar-refractivity contribution is 5.95. The summed E-state index contributed by atoms with van der Waals surface area (Å²) in [4.78, 5) is 23.4. The molecule has 2 aromatic rings. The van der Waals surface area contributed by atoms with E-state index in [1.54, 1.807) is 6.20 Å². The summed E-state index contributed by atoms with van der Waals surface area (Å²) in [6.07, 6.45) is 6.17. The second-order valence-corrected chi connectivity index (χ2v) is 7.32. The molecule has 1 aliphatic carbocycles. The molecule has 2 aliphatic rings. The van der Waals surface area contributed by atoms with Crippen molar-refractivity contribution in [2.24, 2.45) is 0 Å². The Balaban J connectivity index is 1.55. The number of carbonyl (C=O) groups is 1. The van der Waals surface area contributed by atoms with E-state index in [1.165, 1.54) is 18.5 Å². The van der Waals surface area contributed by atoms with Crippen molar-refractivity contribution in [3.8, 4) is 0 Å². The van der Waals surface area contributed by atoms with Gasteiger partial charge in [0.2, 0.25) is 5.95 Å². The molecule has 6 nitrogen and oxygen atoms in total. The molecule has 3 heterocycles. The normalized spacial score (nSPS) is 20.7. The van der Waals surface area contributed by atoms with Gasteiger partial charge in [0, 0.05) is 42.6 Å². The number of anilines is 1. The topological polar surface area (TPSA) is 77.0 Å². The smallest absolute Gasteiger partial charge is 0.255 e. The van der Waals surface area contributed by atoms with Gasteiger partial charge in [0.25, 0.3) is 5.91 Å². The van der Waals surface area contributed by atoms with Gasteiger partial charge in [0.15, 0.2) is 0 Å². The van der Waals surface area contributed by atoms with E-state index in [0.717, 1.165) is 36.3 Å². The predicted octanol–water partition coefficient (Wildman–Crippen LogP) is 2.83. The summed E-state index contributed by atoms with van der Waals surface area (Å²) < 4.78 is 2.33. The third kappa shape index (κ3) is 3.01. The molecule has 1 amide bonds. The van der Waals surface area contributed by atoms with Crippen LogP contribution in [-0.4, -0.2) is 38.4 Å². The van der Waals surface area contributed by atoms with E-state index in [9.17, 15) is 4.79 Å². The first-order valence-corrected chi connectivity index (χ1v) is 9.10. The van der Waals surface area contributed by atoms with Gasteiger partial charge in [-0.25, -0.2) is 9.97 Å². The number of nitrogen functional groups attached to an aromatic ring is 1. The molecule has 132 valence electrons. The summed E-state index contributed by atoms with van der Waals surface area (Å²) in [5.74, 6) is 0.676. The quantitative estimate of drug-likeness (QED) is 0.933. The SMILES string of the molecule is Cc1cc(C(=O)N2CCCC(c3ccnc(N)n3)C2)c(C)n1C1CC1. The number of nitrogens with zero attached hydrogens (tertiary/aromatic N) is 4. The van der Waals surface area contributed by atoms with E-state index in [-0.39, 0.29) is 11.8 Å². The number of hydrogen-bond donors (Lipinski definition) is 1. The van der Waals surface area contributed by atoms with Gasteiger partial charge in [-0.05, 0) is 51.7 Å². The number of amides is 1. The van der Waals surface area contributed by atoms with Crippen molar-refractivity contribution in [2.45, 2.75) is 51.5 Å². The summed E-state index contributed by atoms with van der Waals surface area (Å²) in [6, 6.07) is 4.57. The molecule has 4 rings (SSSR count). The fraction of sp³-hybridized carbons (Fsp3) is 0.526. The molecule has 2 aromatic heterocycles. The Labute approximate surface area is 148 Å². The maximum atomic E-state index is 13.1. The molecule has 0 radical (unpaired) electrons. The van der Waals surface area contributed by atoms with E-state index >= 15 is 0 Å². The van der Waals surface area contributed by atoms with Crippen molar-refractivity contribution in [2.75, 3.05) is 18.8 Å². The molecule has 0 aromatic carbocycles. The lowest BCUT2D eigenvalue weighted by molar-refractivity contribution is 0.0705. The number of carbonyl (C=O) groups excluding carboxylic acids is 1. The van der Waals surface area contributed by atoms with Crippen LogP contribution >= 0.6 is 0 Å². The minimum atomic E-state index is 0.145. The summed E-state index contributed by atoms with van der Waals surface area (Å²) in [6.45, 7) is 5.68. The maximum absolute atomic E-state index is 13.1. The molecule has 6 heteroatoms. The molecule has 1 saturated carbocycles. The molecular formula is C19H25N5O. The van der Waals surface area contributed by atoms with Crippen LogP contribution < -0.4 is 5.73 Å². The van der Waals surface area contributed by atoms with Gasteiger partial charge in [-0.1, -0.05) is 0 Å². The zero-order valence-corrected chi connectivity index (χ0v) is 14.9. The summed E-state index contributed by atoms with van der Waals surface area (Å²) in [7, 11) is 0. The summed E-state index contributed by atoms with van der Waals surface area (Å²) in [5.41, 5.74) is 9.82. The van der Waals surface area contributed by atoms with E-state index < -0.39 is 0 Å². The number of aryl methyl sites for hydroxylation is 1. The van der Waals surface area contributed by atoms with Crippen LogP contribution in [0, 0.1) is 13.8 Å². The van der Waals surface area contributed by atoms with Crippen LogP contribution in [0.3, 0.4) is 0 Å². The minimum Gasteiger partial charge on any atom is -0.368 e. The van der Waals surface area contributed by atoms with Gasteiger partial charge in [0.05, 0.1) is 11.3 Å². The maximum Gasteiger partial charge on any atom is 0.255 e. The molecule has 1 aliphatic heterocycles. The van der Waals surface area contributed by atoms with Crippen molar-refractivity contribution in [1.29, 1.82) is 0 Å². The summed E-state index contributed by atoms with van der Waals surface area (Å²) >= 11 is 0. The largest absolute Gasteiger partial charge is 0.368 e. The Bertz CT molecular complexity index is 808. The molecule has 2 N–H and O–H groups in total. The first kappa shape index (κ1) is 16.1. The second kappa shape index (κ2) is 6.17. The lowest BCUT2D eigenvalue weighted by Crippen LogP contribution is -2.39. The zero-order chi connectivity index (χ0) is 17.6. The van der Waals surface area contributed by atoms with Gasteiger partial charge in [-0.2, -0.15) is 0 Å². The van der Waals surface area contributed by atoms with Crippen LogP contribution in [0.1, 0.15) is 65.1 Å². The highest BCUT2D eigenvalue weighted by Crippen LogP contribution is 2.38. The fourth-order valence-electron chi connectivity index (χ4n) is 4.08. The number of likely N-dealkylation sites (tertiary alicyclic amines) is 1. The monoisotopic (exact) mass is 339 g/mol. The molecule has 0 bridgehead atoms. The number of nitrogens with two attached hydrogens (primary N) is 1. The predicted molar refractivity (Wildman–Crippen MR) is 96.5 cm³/mol. The third-order valence-electron chi connectivity index (χ3n) is 5.45. The molecule has 1 saturated heterocycles. The first-order chi connectivity index (χ1) is 12.0. The van der Waals surface area contributed by atoms with E-state index in [0.29, 0.717) is 18.5 Å². The van der Waals surface area contributed by atoms with Crippen molar-refractivity contribution in [1.82, 2.24) is 19.4 Å². The minimum absolute atomic E-state index is 0.145. The van der Waals surface area contributed by atoms with E-state index in [4.69, 9.17) is 5.73 Å². The number of aromatic nitrogens is 3. The van der Waals surface area contributed by atoms with Crippen LogP contribution in [0.15, 0.2) is 18.3 Å². The number of hydrogen-bond acceptors (Lipinski definition) is 4. The Morgan fingerprint density at radius 2 is 2.08 bits per heavy atom. The van der Waals surface area contributed by atoms with Crippen molar-refractivity contribution in [3.05, 3.63) is 41.0 Å². The Morgan fingerprint density at radius 1 is 1.28 bits per heavy atom. The van der Waals surface area contributed by atoms with E-state index in [2.05, 4.69) is 34.4 Å². The van der Waals surface area contributed by atoms with Crippen LogP contribution in [0.25, 0.3) is 0 Å². The van der Waals surface area contributed by atoms with Crippen molar-refractivity contribution < 1.29 is 4.79 Å². The van der Waals surface area contributed by atoms with Crippen LogP contribution in [0.4, 0.5) is 5.95 Å². The standard InChI is InChI=1S/C19H25N5O/c1-12-10-16(13(2)24(12)15-5-6-15)18(25)23-9-3-4-14(11-23)17-7-8-21-19(20)22-17/h7-8,10,14-15H,3-6,9,11H2,1-2H3,(H2,20,21,22). The molecule has 2 fully saturated rings. The molecule has 25 heavy (non-hydrogen) atoms. The van der Waals surface area contributed by atoms with Gasteiger partial charge >= 0.3 is 0 Å². The molecular weight excluding hydrogens is 314 g/mol. The molecule has 1 atom stereocenters. The third-order valence-corrected chi connectivity index (χ3v) is 5.45. The molecule has 0 spiro atoms. The number of piperidine rings is 1. The van der Waals surface area contributed by atoms with Crippen molar-refractivity contribution >= 4 is 11.9 Å². The van der Waals surface area contributed by atoms with Crippen LogP contribution in [-0.2, 0) is 0 Å². The van der Waals surface area contributed by atoms with Gasteiger partial charge in [-0.15, -0.1) is 0 Å². The average molecular weight is 339 g/mol. The summed E-state index contributed by atoms with van der Waals surface area (Å²) in [5, 5.41) is 0.